The third-order valence-electron chi connectivity index (χ3n) is 2.58. The molecule has 1 aliphatic carbocycles. The summed E-state index contributed by atoms with van der Waals surface area (Å²) in [5, 5.41) is 0. The van der Waals surface area contributed by atoms with Gasteiger partial charge in [-0.1, -0.05) is 32.6 Å². The van der Waals surface area contributed by atoms with E-state index in [-0.39, 0.29) is 0 Å². The Morgan fingerprint density at radius 3 is 2.44 bits per heavy atom. The van der Waals surface area contributed by atoms with E-state index >= 15 is 0 Å². The Hall–Kier alpha value is -0.0400. The zero-order valence-electron chi connectivity index (χ0n) is 6.27. The highest BCUT2D eigenvalue weighted by atomic mass is 14.5. The molecule has 1 aliphatic rings. The van der Waals surface area contributed by atoms with Gasteiger partial charge in [-0.15, -0.1) is 0 Å². The molecule has 0 aromatic rings. The Balaban J connectivity index is 2.24. The van der Waals surface area contributed by atoms with Crippen molar-refractivity contribution in [2.24, 2.45) is 17.6 Å². The molecule has 0 spiro atoms. The lowest BCUT2D eigenvalue weighted by Crippen LogP contribution is -2.18. The molecule has 1 fully saturated rings. The van der Waals surface area contributed by atoms with Crippen LogP contribution in [0.15, 0.2) is 0 Å². The van der Waals surface area contributed by atoms with Gasteiger partial charge >= 0.3 is 0 Å². The van der Waals surface area contributed by atoms with Gasteiger partial charge in [-0.3, -0.25) is 0 Å². The largest absolute Gasteiger partial charge is 0.330 e. The van der Waals surface area contributed by atoms with Crippen LogP contribution in [0.5, 0.6) is 0 Å². The van der Waals surface area contributed by atoms with Gasteiger partial charge in [-0.2, -0.15) is 0 Å². The highest BCUT2D eigenvalue weighted by molar-refractivity contribution is 4.72. The third-order valence-corrected chi connectivity index (χ3v) is 2.58. The number of nitrogens with two attached hydrogens (primary N) is 1. The second-order valence-electron chi connectivity index (χ2n) is 3.26. The van der Waals surface area contributed by atoms with Crippen molar-refractivity contribution < 1.29 is 0 Å². The second kappa shape index (κ2) is 3.21. The summed E-state index contributed by atoms with van der Waals surface area (Å²) < 4.78 is 0. The molecule has 1 rings (SSSR count). The normalized spacial score (nSPS) is 24.7. The van der Waals surface area contributed by atoms with Crippen molar-refractivity contribution in [3.05, 3.63) is 0 Å². The molecule has 9 heavy (non-hydrogen) atoms. The van der Waals surface area contributed by atoms with E-state index in [4.69, 9.17) is 5.73 Å². The standard InChI is InChI=1S/C8H17N/c1-7(6-9)8-4-2-3-5-8/h7-8H,2-6,9H2,1H3/t7-/m1/s1. The Bertz CT molecular complexity index is 74.6. The highest BCUT2D eigenvalue weighted by Crippen LogP contribution is 2.30. The molecule has 0 aliphatic heterocycles. The number of hydrogen-bond donors (Lipinski definition) is 1. The zero-order valence-corrected chi connectivity index (χ0v) is 6.27. The smallest absolute Gasteiger partial charge is 0.00489 e. The molecule has 0 aromatic heterocycles. The zero-order chi connectivity index (χ0) is 6.69. The number of rotatable bonds is 2. The van der Waals surface area contributed by atoms with Gasteiger partial charge in [0.05, 0.1) is 0 Å². The minimum atomic E-state index is 0.771. The molecule has 54 valence electrons. The van der Waals surface area contributed by atoms with E-state index in [0.29, 0.717) is 0 Å². The van der Waals surface area contributed by atoms with Gasteiger partial charge in [0, 0.05) is 0 Å². The van der Waals surface area contributed by atoms with Gasteiger partial charge in [0.1, 0.15) is 0 Å². The summed E-state index contributed by atoms with van der Waals surface area (Å²) in [5.74, 6) is 1.72. The second-order valence-corrected chi connectivity index (χ2v) is 3.26. The quantitative estimate of drug-likeness (QED) is 0.601. The Labute approximate surface area is 57.6 Å². The van der Waals surface area contributed by atoms with Crippen LogP contribution in [-0.4, -0.2) is 6.54 Å². The minimum Gasteiger partial charge on any atom is -0.330 e. The summed E-state index contributed by atoms with van der Waals surface area (Å²) in [5.41, 5.74) is 5.55. The van der Waals surface area contributed by atoms with Gasteiger partial charge in [-0.25, -0.2) is 0 Å². The Kier molecular flexibility index (Phi) is 2.52. The average molecular weight is 127 g/mol. The summed E-state index contributed by atoms with van der Waals surface area (Å²) in [7, 11) is 0. The monoisotopic (exact) mass is 127 g/mol. The molecule has 0 unspecified atom stereocenters. The van der Waals surface area contributed by atoms with Crippen LogP contribution in [0, 0.1) is 11.8 Å². The van der Waals surface area contributed by atoms with Gasteiger partial charge < -0.3 is 5.73 Å². The van der Waals surface area contributed by atoms with E-state index in [2.05, 4.69) is 6.92 Å². The van der Waals surface area contributed by atoms with Crippen LogP contribution in [0.25, 0.3) is 0 Å². The lowest BCUT2D eigenvalue weighted by molar-refractivity contribution is 0.375. The van der Waals surface area contributed by atoms with E-state index in [1.54, 1.807) is 0 Å². The van der Waals surface area contributed by atoms with Crippen LogP contribution >= 0.6 is 0 Å². The molecular weight excluding hydrogens is 110 g/mol. The summed E-state index contributed by atoms with van der Waals surface area (Å²) in [4.78, 5) is 0. The fraction of sp³-hybridized carbons (Fsp3) is 1.00. The van der Waals surface area contributed by atoms with Crippen LogP contribution < -0.4 is 5.73 Å². The van der Waals surface area contributed by atoms with Crippen LogP contribution in [0.1, 0.15) is 32.6 Å². The van der Waals surface area contributed by atoms with Crippen LogP contribution in [0.4, 0.5) is 0 Å². The molecule has 1 nitrogen and oxygen atoms in total. The molecular formula is C8H17N. The summed E-state index contributed by atoms with van der Waals surface area (Å²) in [6, 6.07) is 0. The molecule has 1 saturated carbocycles. The van der Waals surface area contributed by atoms with Gasteiger partial charge in [-0.05, 0) is 18.4 Å². The van der Waals surface area contributed by atoms with Crippen LogP contribution in [0.3, 0.4) is 0 Å². The maximum absolute atomic E-state index is 5.55. The predicted octanol–water partition coefficient (Wildman–Crippen LogP) is 1.77. The lowest BCUT2D eigenvalue weighted by atomic mass is 9.93. The first-order valence-electron chi connectivity index (χ1n) is 4.04. The van der Waals surface area contributed by atoms with Crippen molar-refractivity contribution in [3.8, 4) is 0 Å². The predicted molar refractivity (Wildman–Crippen MR) is 40.2 cm³/mol. The van der Waals surface area contributed by atoms with Gasteiger partial charge in [0.25, 0.3) is 0 Å². The van der Waals surface area contributed by atoms with E-state index < -0.39 is 0 Å². The fourth-order valence-corrected chi connectivity index (χ4v) is 1.72. The summed E-state index contributed by atoms with van der Waals surface area (Å²) in [6.45, 7) is 3.15. The molecule has 0 saturated heterocycles. The molecule has 0 heterocycles. The van der Waals surface area contributed by atoms with E-state index in [0.717, 1.165) is 18.4 Å². The van der Waals surface area contributed by atoms with Crippen molar-refractivity contribution in [2.45, 2.75) is 32.6 Å². The van der Waals surface area contributed by atoms with E-state index in [1.165, 1.54) is 25.7 Å². The van der Waals surface area contributed by atoms with Crippen LogP contribution in [-0.2, 0) is 0 Å². The Morgan fingerprint density at radius 2 is 2.00 bits per heavy atom. The number of hydrogen-bond acceptors (Lipinski definition) is 1. The summed E-state index contributed by atoms with van der Waals surface area (Å²) >= 11 is 0. The molecule has 0 aromatic carbocycles. The van der Waals surface area contributed by atoms with Crippen molar-refractivity contribution >= 4 is 0 Å². The third kappa shape index (κ3) is 1.68. The lowest BCUT2D eigenvalue weighted by Gasteiger charge is -2.15. The van der Waals surface area contributed by atoms with Gasteiger partial charge in [0.15, 0.2) is 0 Å². The van der Waals surface area contributed by atoms with Crippen molar-refractivity contribution in [2.75, 3.05) is 6.54 Å². The molecule has 0 bridgehead atoms. The maximum atomic E-state index is 5.55. The Morgan fingerprint density at radius 1 is 1.44 bits per heavy atom. The van der Waals surface area contributed by atoms with Crippen molar-refractivity contribution in [3.63, 3.8) is 0 Å². The first-order valence-corrected chi connectivity index (χ1v) is 4.04. The molecule has 2 N–H and O–H groups in total. The fourth-order valence-electron chi connectivity index (χ4n) is 1.72. The average Bonchev–Trinajstić information content (AvgIpc) is 2.37. The molecule has 0 amide bonds. The maximum Gasteiger partial charge on any atom is -0.00489 e. The highest BCUT2D eigenvalue weighted by Gasteiger charge is 2.19. The topological polar surface area (TPSA) is 26.0 Å². The van der Waals surface area contributed by atoms with Crippen molar-refractivity contribution in [1.29, 1.82) is 0 Å². The van der Waals surface area contributed by atoms with E-state index in [9.17, 15) is 0 Å². The minimum absolute atomic E-state index is 0.771. The summed E-state index contributed by atoms with van der Waals surface area (Å²) in [6.07, 6.45) is 5.74. The SMILES string of the molecule is C[C@H](CN)C1CCCC1. The van der Waals surface area contributed by atoms with Crippen LogP contribution in [0.2, 0.25) is 0 Å². The van der Waals surface area contributed by atoms with Gasteiger partial charge in [0.2, 0.25) is 0 Å². The first kappa shape index (κ1) is 7.07. The molecule has 1 heteroatoms. The first-order chi connectivity index (χ1) is 4.34. The van der Waals surface area contributed by atoms with Crippen molar-refractivity contribution in [1.82, 2.24) is 0 Å². The van der Waals surface area contributed by atoms with E-state index in [1.807, 2.05) is 0 Å². The molecule has 1 atom stereocenters. The molecule has 0 radical (unpaired) electrons.